The number of carbonyl (C=O) groups is 1. The molecule has 1 aromatic heterocycles. The summed E-state index contributed by atoms with van der Waals surface area (Å²) in [5.41, 5.74) is 1.56. The van der Waals surface area contributed by atoms with Crippen molar-refractivity contribution in [2.45, 2.75) is 6.54 Å². The summed E-state index contributed by atoms with van der Waals surface area (Å²) in [6.45, 7) is 0.178. The number of nitrogens with zero attached hydrogens (tertiary/aromatic N) is 3. The van der Waals surface area contributed by atoms with Gasteiger partial charge in [0.1, 0.15) is 17.2 Å². The van der Waals surface area contributed by atoms with Crippen molar-refractivity contribution in [3.05, 3.63) is 60.0 Å². The van der Waals surface area contributed by atoms with Gasteiger partial charge in [-0.25, -0.2) is 0 Å². The van der Waals surface area contributed by atoms with Crippen LogP contribution in [-0.2, 0) is 11.3 Å². The summed E-state index contributed by atoms with van der Waals surface area (Å²) in [7, 11) is 6.41. The van der Waals surface area contributed by atoms with Gasteiger partial charge in [0, 0.05) is 19.2 Å². The van der Waals surface area contributed by atoms with Crippen LogP contribution in [0.4, 0.5) is 0 Å². The number of ether oxygens (including phenoxy) is 3. The molecule has 0 aliphatic rings. The lowest BCUT2D eigenvalue weighted by molar-refractivity contribution is -0.125. The Bertz CT molecular complexity index is 1030. The highest BCUT2D eigenvalue weighted by Crippen LogP contribution is 2.31. The second kappa shape index (κ2) is 9.60. The van der Waals surface area contributed by atoms with Gasteiger partial charge in [-0.3, -0.25) is 4.79 Å². The Morgan fingerprint density at radius 1 is 1.03 bits per heavy atom. The second-order valence-electron chi connectivity index (χ2n) is 6.38. The van der Waals surface area contributed by atoms with Gasteiger partial charge in [0.05, 0.1) is 33.4 Å². The number of benzene rings is 2. The predicted molar refractivity (Wildman–Crippen MR) is 111 cm³/mol. The molecule has 1 heterocycles. The number of methoxy groups -OCH3 is 3. The normalized spacial score (nSPS) is 10.8. The van der Waals surface area contributed by atoms with E-state index in [4.69, 9.17) is 18.7 Å². The van der Waals surface area contributed by atoms with Crippen molar-refractivity contribution in [3.8, 4) is 28.6 Å². The minimum absolute atomic E-state index is 0.178. The number of likely N-dealkylation sites (N-methyl/N-ethyl adjacent to an activating group) is 1. The lowest BCUT2D eigenvalue weighted by Gasteiger charge is -2.11. The van der Waals surface area contributed by atoms with E-state index in [0.29, 0.717) is 28.8 Å². The number of carbonyl (C=O) groups excluding carboxylic acids is 1. The number of aromatic nitrogens is 2. The minimum Gasteiger partial charge on any atom is -0.497 e. The monoisotopic (exact) mass is 409 g/mol. The van der Waals surface area contributed by atoms with Crippen molar-refractivity contribution in [3.63, 3.8) is 0 Å². The van der Waals surface area contributed by atoms with Crippen molar-refractivity contribution in [2.75, 3.05) is 28.4 Å². The van der Waals surface area contributed by atoms with Gasteiger partial charge < -0.3 is 23.6 Å². The standard InChI is InChI=1S/C22H23N3O5/c1-25(21(26)12-7-15-5-8-16(27-2)9-6-15)14-20-23-22(24-30-20)18-11-10-17(28-3)13-19(18)29-4/h5-13H,14H2,1-4H3/b12-7+. The van der Waals surface area contributed by atoms with Crippen molar-refractivity contribution in [2.24, 2.45) is 0 Å². The number of amides is 1. The van der Waals surface area contributed by atoms with Crippen LogP contribution in [0, 0.1) is 0 Å². The van der Waals surface area contributed by atoms with Crippen LogP contribution < -0.4 is 14.2 Å². The zero-order valence-electron chi connectivity index (χ0n) is 17.3. The molecule has 0 saturated heterocycles. The molecule has 0 radical (unpaired) electrons. The fourth-order valence-electron chi connectivity index (χ4n) is 2.70. The van der Waals surface area contributed by atoms with E-state index in [1.807, 2.05) is 24.3 Å². The average Bonchev–Trinajstić information content (AvgIpc) is 3.25. The molecule has 0 bridgehead atoms. The molecule has 0 unspecified atom stereocenters. The SMILES string of the molecule is COc1ccc(/C=C/C(=O)N(C)Cc2nc(-c3ccc(OC)cc3OC)no2)cc1. The Balaban J connectivity index is 1.66. The first-order valence-electron chi connectivity index (χ1n) is 9.16. The summed E-state index contributed by atoms with van der Waals surface area (Å²) in [5, 5.41) is 4.00. The van der Waals surface area contributed by atoms with Crippen LogP contribution in [0.1, 0.15) is 11.5 Å². The van der Waals surface area contributed by atoms with E-state index in [0.717, 1.165) is 11.3 Å². The molecule has 3 rings (SSSR count). The Kier molecular flexibility index (Phi) is 6.69. The maximum atomic E-state index is 12.4. The Hall–Kier alpha value is -3.81. The number of rotatable bonds is 8. The van der Waals surface area contributed by atoms with Crippen LogP contribution in [0.5, 0.6) is 17.2 Å². The fourth-order valence-corrected chi connectivity index (χ4v) is 2.70. The van der Waals surface area contributed by atoms with E-state index >= 15 is 0 Å². The first-order valence-corrected chi connectivity index (χ1v) is 9.16. The molecule has 0 fully saturated rings. The molecule has 1 amide bonds. The third-order valence-corrected chi connectivity index (χ3v) is 4.40. The van der Waals surface area contributed by atoms with Crippen LogP contribution in [0.25, 0.3) is 17.5 Å². The molecule has 156 valence electrons. The summed E-state index contributed by atoms with van der Waals surface area (Å²) in [5.74, 6) is 2.49. The predicted octanol–water partition coefficient (Wildman–Crippen LogP) is 3.43. The zero-order chi connectivity index (χ0) is 21.5. The lowest BCUT2D eigenvalue weighted by Crippen LogP contribution is -2.24. The first kappa shape index (κ1) is 20.9. The van der Waals surface area contributed by atoms with Crippen LogP contribution in [-0.4, -0.2) is 49.3 Å². The van der Waals surface area contributed by atoms with Crippen molar-refractivity contribution >= 4 is 12.0 Å². The molecule has 0 spiro atoms. The van der Waals surface area contributed by atoms with Gasteiger partial charge in [0.25, 0.3) is 0 Å². The highest BCUT2D eigenvalue weighted by molar-refractivity contribution is 5.91. The van der Waals surface area contributed by atoms with Crippen molar-refractivity contribution in [1.29, 1.82) is 0 Å². The topological polar surface area (TPSA) is 86.9 Å². The van der Waals surface area contributed by atoms with Gasteiger partial charge in [0.2, 0.25) is 17.6 Å². The smallest absolute Gasteiger partial charge is 0.246 e. The summed E-state index contributed by atoms with van der Waals surface area (Å²) >= 11 is 0. The van der Waals surface area contributed by atoms with E-state index in [1.165, 1.54) is 11.0 Å². The Morgan fingerprint density at radius 2 is 1.73 bits per heavy atom. The fraction of sp³-hybridized carbons (Fsp3) is 0.227. The molecule has 0 atom stereocenters. The summed E-state index contributed by atoms with van der Waals surface area (Å²) in [4.78, 5) is 18.2. The summed E-state index contributed by atoms with van der Waals surface area (Å²) in [6.07, 6.45) is 3.23. The van der Waals surface area contributed by atoms with Gasteiger partial charge in [-0.05, 0) is 35.9 Å². The van der Waals surface area contributed by atoms with E-state index in [1.54, 1.807) is 52.7 Å². The van der Waals surface area contributed by atoms with E-state index in [-0.39, 0.29) is 12.5 Å². The van der Waals surface area contributed by atoms with Gasteiger partial charge in [-0.1, -0.05) is 17.3 Å². The highest BCUT2D eigenvalue weighted by atomic mass is 16.5. The third-order valence-electron chi connectivity index (χ3n) is 4.40. The first-order chi connectivity index (χ1) is 14.5. The quantitative estimate of drug-likeness (QED) is 0.527. The number of hydrogen-bond acceptors (Lipinski definition) is 7. The molecule has 0 saturated carbocycles. The third kappa shape index (κ3) is 4.96. The summed E-state index contributed by atoms with van der Waals surface area (Å²) < 4.78 is 21.0. The summed E-state index contributed by atoms with van der Waals surface area (Å²) in [6, 6.07) is 12.7. The molecule has 8 nitrogen and oxygen atoms in total. The average molecular weight is 409 g/mol. The van der Waals surface area contributed by atoms with Crippen LogP contribution in [0.15, 0.2) is 53.1 Å². The Labute approximate surface area is 174 Å². The zero-order valence-corrected chi connectivity index (χ0v) is 17.3. The Morgan fingerprint density at radius 3 is 2.40 bits per heavy atom. The number of hydrogen-bond donors (Lipinski definition) is 0. The van der Waals surface area contributed by atoms with Gasteiger partial charge in [-0.2, -0.15) is 4.98 Å². The van der Waals surface area contributed by atoms with Gasteiger partial charge in [0.15, 0.2) is 0 Å². The molecule has 3 aromatic rings. The molecule has 8 heteroatoms. The van der Waals surface area contributed by atoms with Gasteiger partial charge >= 0.3 is 0 Å². The molecule has 0 aliphatic heterocycles. The van der Waals surface area contributed by atoms with Crippen LogP contribution >= 0.6 is 0 Å². The van der Waals surface area contributed by atoms with Crippen LogP contribution in [0.3, 0.4) is 0 Å². The second-order valence-corrected chi connectivity index (χ2v) is 6.38. The van der Waals surface area contributed by atoms with Crippen LogP contribution in [0.2, 0.25) is 0 Å². The molecule has 30 heavy (non-hydrogen) atoms. The molecular weight excluding hydrogens is 386 g/mol. The minimum atomic E-state index is -0.187. The van der Waals surface area contributed by atoms with E-state index < -0.39 is 0 Å². The van der Waals surface area contributed by atoms with Gasteiger partial charge in [-0.15, -0.1) is 0 Å². The maximum absolute atomic E-state index is 12.4. The molecule has 0 aliphatic carbocycles. The molecule has 0 N–H and O–H groups in total. The van der Waals surface area contributed by atoms with Crippen molar-refractivity contribution < 1.29 is 23.5 Å². The lowest BCUT2D eigenvalue weighted by atomic mass is 10.2. The highest BCUT2D eigenvalue weighted by Gasteiger charge is 2.16. The van der Waals surface area contributed by atoms with E-state index in [9.17, 15) is 4.79 Å². The maximum Gasteiger partial charge on any atom is 0.246 e. The van der Waals surface area contributed by atoms with E-state index in [2.05, 4.69) is 10.1 Å². The van der Waals surface area contributed by atoms with Crippen molar-refractivity contribution in [1.82, 2.24) is 15.0 Å². The molecular formula is C22H23N3O5. The molecule has 2 aromatic carbocycles. The largest absolute Gasteiger partial charge is 0.497 e.